The van der Waals surface area contributed by atoms with E-state index < -0.39 is 0 Å². The summed E-state index contributed by atoms with van der Waals surface area (Å²) in [7, 11) is 0. The maximum Gasteiger partial charge on any atom is 0.0479 e. The Morgan fingerprint density at radius 1 is 1.05 bits per heavy atom. The van der Waals surface area contributed by atoms with Crippen LogP contribution in [-0.4, -0.2) is 24.5 Å². The Bertz CT molecular complexity index is 579. The molecule has 2 unspecified atom stereocenters. The molecule has 3 rings (SSSR count). The normalized spacial score (nSPS) is 21.1. The van der Waals surface area contributed by atoms with Crippen LogP contribution in [0.25, 0.3) is 0 Å². The predicted octanol–water partition coefficient (Wildman–Crippen LogP) is 3.70. The molecule has 0 bridgehead atoms. The van der Waals surface area contributed by atoms with Gasteiger partial charge in [0.25, 0.3) is 0 Å². The maximum absolute atomic E-state index is 3.54. The SMILES string of the molecule is Cc1ccccc1C(C)N1CCNCC1c1ccccc1. The van der Waals surface area contributed by atoms with Crippen LogP contribution >= 0.6 is 0 Å². The first-order valence-corrected chi connectivity index (χ1v) is 7.84. The molecule has 21 heavy (non-hydrogen) atoms. The average Bonchev–Trinajstić information content (AvgIpc) is 2.55. The van der Waals surface area contributed by atoms with Crippen LogP contribution < -0.4 is 5.32 Å². The molecule has 0 saturated carbocycles. The zero-order valence-electron chi connectivity index (χ0n) is 12.9. The number of nitrogens with one attached hydrogen (secondary N) is 1. The molecule has 110 valence electrons. The van der Waals surface area contributed by atoms with E-state index in [1.165, 1.54) is 16.7 Å². The summed E-state index contributed by atoms with van der Waals surface area (Å²) < 4.78 is 0. The summed E-state index contributed by atoms with van der Waals surface area (Å²) in [6, 6.07) is 20.5. The van der Waals surface area contributed by atoms with Crippen LogP contribution in [0.2, 0.25) is 0 Å². The third-order valence-electron chi connectivity index (χ3n) is 4.61. The molecule has 2 atom stereocenters. The van der Waals surface area contributed by atoms with Crippen molar-refractivity contribution in [1.29, 1.82) is 0 Å². The van der Waals surface area contributed by atoms with Gasteiger partial charge in [0, 0.05) is 31.7 Å². The van der Waals surface area contributed by atoms with E-state index >= 15 is 0 Å². The van der Waals surface area contributed by atoms with Crippen molar-refractivity contribution in [1.82, 2.24) is 10.2 Å². The molecular weight excluding hydrogens is 256 g/mol. The lowest BCUT2D eigenvalue weighted by atomic mass is 9.96. The number of piperazine rings is 1. The van der Waals surface area contributed by atoms with Crippen LogP contribution in [0.1, 0.15) is 35.7 Å². The van der Waals surface area contributed by atoms with Crippen LogP contribution in [0, 0.1) is 6.92 Å². The van der Waals surface area contributed by atoms with Crippen molar-refractivity contribution in [3.8, 4) is 0 Å². The molecule has 1 saturated heterocycles. The maximum atomic E-state index is 3.54. The van der Waals surface area contributed by atoms with Crippen molar-refractivity contribution in [3.05, 3.63) is 71.3 Å². The third-order valence-corrected chi connectivity index (χ3v) is 4.61. The van der Waals surface area contributed by atoms with Gasteiger partial charge < -0.3 is 5.32 Å². The van der Waals surface area contributed by atoms with Crippen LogP contribution in [0.3, 0.4) is 0 Å². The zero-order chi connectivity index (χ0) is 14.7. The highest BCUT2D eigenvalue weighted by Crippen LogP contribution is 2.32. The molecular formula is C19H24N2. The van der Waals surface area contributed by atoms with Crippen molar-refractivity contribution in [3.63, 3.8) is 0 Å². The van der Waals surface area contributed by atoms with Gasteiger partial charge in [-0.2, -0.15) is 0 Å². The fourth-order valence-corrected chi connectivity index (χ4v) is 3.40. The van der Waals surface area contributed by atoms with Crippen molar-refractivity contribution < 1.29 is 0 Å². The third kappa shape index (κ3) is 3.02. The second-order valence-electron chi connectivity index (χ2n) is 5.90. The minimum atomic E-state index is 0.443. The van der Waals surface area contributed by atoms with Gasteiger partial charge in [0.15, 0.2) is 0 Å². The molecule has 1 fully saturated rings. The molecule has 1 heterocycles. The molecule has 2 nitrogen and oxygen atoms in total. The molecule has 0 aromatic heterocycles. The molecule has 2 aromatic carbocycles. The van der Waals surface area contributed by atoms with Crippen molar-refractivity contribution in [2.24, 2.45) is 0 Å². The topological polar surface area (TPSA) is 15.3 Å². The molecule has 2 heteroatoms. The van der Waals surface area contributed by atoms with Gasteiger partial charge in [-0.05, 0) is 30.5 Å². The highest BCUT2D eigenvalue weighted by atomic mass is 15.2. The van der Waals surface area contributed by atoms with Gasteiger partial charge in [-0.3, -0.25) is 4.90 Å². The lowest BCUT2D eigenvalue weighted by molar-refractivity contribution is 0.114. The molecule has 0 spiro atoms. The van der Waals surface area contributed by atoms with Gasteiger partial charge in [0.1, 0.15) is 0 Å². The van der Waals surface area contributed by atoms with Crippen LogP contribution in [0.15, 0.2) is 54.6 Å². The Balaban J connectivity index is 1.89. The molecule has 1 N–H and O–H groups in total. The van der Waals surface area contributed by atoms with Gasteiger partial charge in [0.05, 0.1) is 0 Å². The van der Waals surface area contributed by atoms with E-state index in [0.29, 0.717) is 12.1 Å². The van der Waals surface area contributed by atoms with Gasteiger partial charge in [-0.25, -0.2) is 0 Å². The van der Waals surface area contributed by atoms with E-state index in [2.05, 4.69) is 78.7 Å². The highest BCUT2D eigenvalue weighted by molar-refractivity contribution is 5.29. The Kier molecular flexibility index (Phi) is 4.37. The largest absolute Gasteiger partial charge is 0.314 e. The first-order chi connectivity index (χ1) is 10.3. The highest BCUT2D eigenvalue weighted by Gasteiger charge is 2.28. The standard InChI is InChI=1S/C19H24N2/c1-15-8-6-7-11-18(15)16(2)21-13-12-20-14-19(21)17-9-4-3-5-10-17/h3-11,16,19-20H,12-14H2,1-2H3. The fourth-order valence-electron chi connectivity index (χ4n) is 3.40. The van der Waals surface area contributed by atoms with Crippen LogP contribution in [0.5, 0.6) is 0 Å². The van der Waals surface area contributed by atoms with Gasteiger partial charge >= 0.3 is 0 Å². The van der Waals surface area contributed by atoms with E-state index in [4.69, 9.17) is 0 Å². The summed E-state index contributed by atoms with van der Waals surface area (Å²) in [5.74, 6) is 0. The quantitative estimate of drug-likeness (QED) is 0.922. The second-order valence-corrected chi connectivity index (χ2v) is 5.90. The van der Waals surface area contributed by atoms with Crippen LogP contribution in [-0.2, 0) is 0 Å². The number of hydrogen-bond donors (Lipinski definition) is 1. The summed E-state index contributed by atoms with van der Waals surface area (Å²) in [6.07, 6.45) is 0. The van der Waals surface area contributed by atoms with Crippen molar-refractivity contribution >= 4 is 0 Å². The number of nitrogens with zero attached hydrogens (tertiary/aromatic N) is 1. The molecule has 0 aliphatic carbocycles. The number of rotatable bonds is 3. The lowest BCUT2D eigenvalue weighted by Crippen LogP contribution is -2.47. The Hall–Kier alpha value is -1.64. The second kappa shape index (κ2) is 6.42. The molecule has 0 radical (unpaired) electrons. The first kappa shape index (κ1) is 14.3. The molecule has 0 amide bonds. The molecule has 1 aliphatic heterocycles. The Morgan fingerprint density at radius 3 is 2.52 bits per heavy atom. The van der Waals surface area contributed by atoms with Crippen LogP contribution in [0.4, 0.5) is 0 Å². The fraction of sp³-hybridized carbons (Fsp3) is 0.368. The van der Waals surface area contributed by atoms with E-state index in [0.717, 1.165) is 19.6 Å². The van der Waals surface area contributed by atoms with Gasteiger partial charge in [-0.15, -0.1) is 0 Å². The summed E-state index contributed by atoms with van der Waals surface area (Å²) >= 11 is 0. The van der Waals surface area contributed by atoms with E-state index in [1.54, 1.807) is 0 Å². The summed E-state index contributed by atoms with van der Waals surface area (Å²) in [6.45, 7) is 7.74. The summed E-state index contributed by atoms with van der Waals surface area (Å²) in [5, 5.41) is 3.54. The average molecular weight is 280 g/mol. The Morgan fingerprint density at radius 2 is 1.76 bits per heavy atom. The van der Waals surface area contributed by atoms with Gasteiger partial charge in [0.2, 0.25) is 0 Å². The number of hydrogen-bond acceptors (Lipinski definition) is 2. The van der Waals surface area contributed by atoms with Gasteiger partial charge in [-0.1, -0.05) is 54.6 Å². The minimum absolute atomic E-state index is 0.443. The van der Waals surface area contributed by atoms with E-state index in [9.17, 15) is 0 Å². The van der Waals surface area contributed by atoms with E-state index in [-0.39, 0.29) is 0 Å². The Labute approximate surface area is 127 Å². The first-order valence-electron chi connectivity index (χ1n) is 7.84. The number of benzene rings is 2. The monoisotopic (exact) mass is 280 g/mol. The zero-order valence-corrected chi connectivity index (χ0v) is 12.9. The smallest absolute Gasteiger partial charge is 0.0479 e. The molecule has 1 aliphatic rings. The minimum Gasteiger partial charge on any atom is -0.314 e. The molecule has 2 aromatic rings. The summed E-state index contributed by atoms with van der Waals surface area (Å²) in [4.78, 5) is 2.63. The number of aryl methyl sites for hydroxylation is 1. The van der Waals surface area contributed by atoms with Crippen molar-refractivity contribution in [2.45, 2.75) is 25.9 Å². The predicted molar refractivity (Wildman–Crippen MR) is 88.4 cm³/mol. The van der Waals surface area contributed by atoms with E-state index in [1.807, 2.05) is 0 Å². The van der Waals surface area contributed by atoms with Crippen molar-refractivity contribution in [2.75, 3.05) is 19.6 Å². The summed E-state index contributed by atoms with van der Waals surface area (Å²) in [5.41, 5.74) is 4.24. The lowest BCUT2D eigenvalue weighted by Gasteiger charge is -2.41.